The molecule has 138 valence electrons. The van der Waals surface area contributed by atoms with E-state index in [0.717, 1.165) is 0 Å². The molecular weight excluding hydrogens is 378 g/mol. The molecule has 0 saturated heterocycles. The molecule has 7 nitrogen and oxygen atoms in total. The van der Waals surface area contributed by atoms with E-state index < -0.39 is 0 Å². The Morgan fingerprint density at radius 1 is 1.07 bits per heavy atom. The smallest absolute Gasteiger partial charge is 0.258 e. The minimum absolute atomic E-state index is 0.296. The maximum absolute atomic E-state index is 12.6. The molecule has 0 aliphatic carbocycles. The second kappa shape index (κ2) is 7.89. The highest BCUT2D eigenvalue weighted by Crippen LogP contribution is 2.23. The van der Waals surface area contributed by atoms with Crippen LogP contribution < -0.4 is 10.1 Å². The first-order valence-electron chi connectivity index (χ1n) is 8.34. The van der Waals surface area contributed by atoms with E-state index in [2.05, 4.69) is 20.4 Å². The summed E-state index contributed by atoms with van der Waals surface area (Å²) in [7, 11) is 0. The lowest BCUT2D eigenvalue weighted by molar-refractivity contribution is 0.102. The summed E-state index contributed by atoms with van der Waals surface area (Å²) in [6, 6.07) is 14.3. The van der Waals surface area contributed by atoms with Gasteiger partial charge in [0.15, 0.2) is 0 Å². The van der Waals surface area contributed by atoms with Crippen LogP contribution in [0, 0.1) is 0 Å². The van der Waals surface area contributed by atoms with Gasteiger partial charge < -0.3 is 10.1 Å². The standard InChI is InChI=1S/C20H14ClN5O2/c21-17-6-1-2-7-18(17)26-13-14(11-24-26)20(27)25-15-4-3-5-16(10-15)28-19-12-22-8-9-23-19/h1-13H,(H,25,27). The number of hydrogen-bond donors (Lipinski definition) is 1. The van der Waals surface area contributed by atoms with Gasteiger partial charge >= 0.3 is 0 Å². The van der Waals surface area contributed by atoms with Gasteiger partial charge in [0.2, 0.25) is 5.88 Å². The lowest BCUT2D eigenvalue weighted by Gasteiger charge is -2.07. The van der Waals surface area contributed by atoms with Crippen molar-refractivity contribution >= 4 is 23.2 Å². The molecule has 0 aliphatic rings. The quantitative estimate of drug-likeness (QED) is 0.546. The first-order valence-corrected chi connectivity index (χ1v) is 8.72. The monoisotopic (exact) mass is 391 g/mol. The van der Waals surface area contributed by atoms with Crippen molar-refractivity contribution in [2.45, 2.75) is 0 Å². The molecule has 2 aromatic carbocycles. The molecule has 0 radical (unpaired) electrons. The number of nitrogens with one attached hydrogen (secondary N) is 1. The number of amides is 1. The summed E-state index contributed by atoms with van der Waals surface area (Å²) in [6.45, 7) is 0. The highest BCUT2D eigenvalue weighted by Gasteiger charge is 2.12. The van der Waals surface area contributed by atoms with Crippen molar-refractivity contribution in [3.05, 3.63) is 90.1 Å². The number of ether oxygens (including phenoxy) is 1. The Labute approximate surface area is 165 Å². The Morgan fingerprint density at radius 2 is 1.96 bits per heavy atom. The Morgan fingerprint density at radius 3 is 2.79 bits per heavy atom. The van der Waals surface area contributed by atoms with E-state index in [1.54, 1.807) is 47.4 Å². The van der Waals surface area contributed by atoms with Crippen molar-refractivity contribution in [3.8, 4) is 17.3 Å². The number of rotatable bonds is 5. The minimum atomic E-state index is -0.296. The summed E-state index contributed by atoms with van der Waals surface area (Å²) < 4.78 is 7.19. The van der Waals surface area contributed by atoms with Gasteiger partial charge in [-0.05, 0) is 24.3 Å². The topological polar surface area (TPSA) is 81.9 Å². The van der Waals surface area contributed by atoms with Gasteiger partial charge in [-0.3, -0.25) is 9.78 Å². The lowest BCUT2D eigenvalue weighted by atomic mass is 10.2. The molecule has 4 aromatic rings. The van der Waals surface area contributed by atoms with E-state index in [0.29, 0.717) is 33.6 Å². The third kappa shape index (κ3) is 3.99. The first-order chi connectivity index (χ1) is 13.7. The van der Waals surface area contributed by atoms with Gasteiger partial charge in [-0.2, -0.15) is 5.10 Å². The molecule has 2 heterocycles. The van der Waals surface area contributed by atoms with Crippen molar-refractivity contribution in [3.63, 3.8) is 0 Å². The second-order valence-electron chi connectivity index (χ2n) is 5.75. The number of aromatic nitrogens is 4. The van der Waals surface area contributed by atoms with Crippen LogP contribution in [0.4, 0.5) is 5.69 Å². The van der Waals surface area contributed by atoms with Gasteiger partial charge in [-0.1, -0.05) is 29.8 Å². The van der Waals surface area contributed by atoms with Crippen LogP contribution in [0.5, 0.6) is 11.6 Å². The molecule has 0 spiro atoms. The summed E-state index contributed by atoms with van der Waals surface area (Å²) in [4.78, 5) is 20.6. The zero-order valence-corrected chi connectivity index (χ0v) is 15.2. The number of halogens is 1. The predicted octanol–water partition coefficient (Wildman–Crippen LogP) is 4.36. The number of carbonyl (C=O) groups excluding carboxylic acids is 1. The summed E-state index contributed by atoms with van der Waals surface area (Å²) in [5.74, 6) is 0.604. The molecule has 0 unspecified atom stereocenters. The maximum atomic E-state index is 12.6. The SMILES string of the molecule is O=C(Nc1cccc(Oc2cnccn2)c1)c1cnn(-c2ccccc2Cl)c1. The van der Waals surface area contributed by atoms with Crippen LogP contribution in [0.25, 0.3) is 5.69 Å². The van der Waals surface area contributed by atoms with Gasteiger partial charge in [-0.25, -0.2) is 9.67 Å². The van der Waals surface area contributed by atoms with E-state index in [1.165, 1.54) is 18.6 Å². The normalized spacial score (nSPS) is 10.5. The van der Waals surface area contributed by atoms with Crippen molar-refractivity contribution in [2.75, 3.05) is 5.32 Å². The molecule has 28 heavy (non-hydrogen) atoms. The van der Waals surface area contributed by atoms with Crippen molar-refractivity contribution in [2.24, 2.45) is 0 Å². The Balaban J connectivity index is 1.48. The maximum Gasteiger partial charge on any atom is 0.258 e. The van der Waals surface area contributed by atoms with Crippen LogP contribution in [0.1, 0.15) is 10.4 Å². The van der Waals surface area contributed by atoms with Crippen molar-refractivity contribution in [1.82, 2.24) is 19.7 Å². The fraction of sp³-hybridized carbons (Fsp3) is 0. The predicted molar refractivity (Wildman–Crippen MR) is 105 cm³/mol. The zero-order chi connectivity index (χ0) is 19.3. The molecular formula is C20H14ClN5O2. The zero-order valence-electron chi connectivity index (χ0n) is 14.5. The molecule has 0 bridgehead atoms. The van der Waals surface area contributed by atoms with E-state index >= 15 is 0 Å². The van der Waals surface area contributed by atoms with Gasteiger partial charge in [0, 0.05) is 30.3 Å². The van der Waals surface area contributed by atoms with E-state index in [1.807, 2.05) is 18.2 Å². The molecule has 8 heteroatoms. The number of benzene rings is 2. The third-order valence-electron chi connectivity index (χ3n) is 3.80. The third-order valence-corrected chi connectivity index (χ3v) is 4.12. The molecule has 2 aromatic heterocycles. The molecule has 4 rings (SSSR count). The number of carbonyl (C=O) groups is 1. The molecule has 1 amide bonds. The molecule has 0 aliphatic heterocycles. The van der Waals surface area contributed by atoms with E-state index in [-0.39, 0.29) is 5.91 Å². The van der Waals surface area contributed by atoms with Crippen LogP contribution in [0.3, 0.4) is 0 Å². The fourth-order valence-electron chi connectivity index (χ4n) is 2.51. The molecule has 0 atom stereocenters. The Kier molecular flexibility index (Phi) is 4.99. The fourth-order valence-corrected chi connectivity index (χ4v) is 2.73. The van der Waals surface area contributed by atoms with Gasteiger partial charge in [0.1, 0.15) is 5.75 Å². The van der Waals surface area contributed by atoms with Crippen molar-refractivity contribution in [1.29, 1.82) is 0 Å². The minimum Gasteiger partial charge on any atom is -0.437 e. The molecule has 1 N–H and O–H groups in total. The van der Waals surface area contributed by atoms with Gasteiger partial charge in [-0.15, -0.1) is 0 Å². The van der Waals surface area contributed by atoms with Crippen LogP contribution in [-0.4, -0.2) is 25.7 Å². The lowest BCUT2D eigenvalue weighted by Crippen LogP contribution is -2.11. The Hall–Kier alpha value is -3.71. The average molecular weight is 392 g/mol. The first kappa shape index (κ1) is 17.7. The highest BCUT2D eigenvalue weighted by atomic mass is 35.5. The van der Waals surface area contributed by atoms with Crippen LogP contribution in [0.15, 0.2) is 79.5 Å². The summed E-state index contributed by atoms with van der Waals surface area (Å²) in [5, 5.41) is 7.58. The number of para-hydroxylation sites is 1. The van der Waals surface area contributed by atoms with Gasteiger partial charge in [0.25, 0.3) is 5.91 Å². The van der Waals surface area contributed by atoms with Gasteiger partial charge in [0.05, 0.1) is 28.7 Å². The number of anilines is 1. The Bertz CT molecular complexity index is 1110. The van der Waals surface area contributed by atoms with Crippen LogP contribution >= 0.6 is 11.6 Å². The van der Waals surface area contributed by atoms with E-state index in [9.17, 15) is 4.79 Å². The molecule has 0 saturated carbocycles. The summed E-state index contributed by atoms with van der Waals surface area (Å²) in [6.07, 6.45) is 7.72. The largest absolute Gasteiger partial charge is 0.437 e. The van der Waals surface area contributed by atoms with Crippen LogP contribution in [-0.2, 0) is 0 Å². The number of nitrogens with zero attached hydrogens (tertiary/aromatic N) is 4. The molecule has 0 fully saturated rings. The van der Waals surface area contributed by atoms with E-state index in [4.69, 9.17) is 16.3 Å². The average Bonchev–Trinajstić information content (AvgIpc) is 3.20. The van der Waals surface area contributed by atoms with Crippen molar-refractivity contribution < 1.29 is 9.53 Å². The van der Waals surface area contributed by atoms with Crippen LogP contribution in [0.2, 0.25) is 5.02 Å². The summed E-state index contributed by atoms with van der Waals surface area (Å²) >= 11 is 6.18. The second-order valence-corrected chi connectivity index (χ2v) is 6.16. The number of hydrogen-bond acceptors (Lipinski definition) is 5. The highest BCUT2D eigenvalue weighted by molar-refractivity contribution is 6.32. The summed E-state index contributed by atoms with van der Waals surface area (Å²) in [5.41, 5.74) is 1.68.